The van der Waals surface area contributed by atoms with E-state index in [-0.39, 0.29) is 0 Å². The van der Waals surface area contributed by atoms with Gasteiger partial charge in [0.1, 0.15) is 0 Å². The Kier molecular flexibility index (Phi) is 5.12. The lowest BCUT2D eigenvalue weighted by Gasteiger charge is -2.09. The number of rotatable bonds is 5. The first-order valence-corrected chi connectivity index (χ1v) is 8.18. The molecule has 124 valence electrons. The molecule has 0 fully saturated rings. The first-order valence-electron chi connectivity index (χ1n) is 7.39. The third-order valence-electron chi connectivity index (χ3n) is 3.51. The van der Waals surface area contributed by atoms with Crippen LogP contribution < -0.4 is 10.6 Å². The first-order chi connectivity index (χ1) is 11.6. The molecule has 6 nitrogen and oxygen atoms in total. The molecular formula is C16H17ClN6S. The molecule has 0 radical (unpaired) electrons. The lowest BCUT2D eigenvalue weighted by atomic mass is 10.2. The van der Waals surface area contributed by atoms with E-state index in [1.54, 1.807) is 17.1 Å². The fourth-order valence-corrected chi connectivity index (χ4v) is 2.68. The topological polar surface area (TPSA) is 59.7 Å². The standard InChI is InChI=1S/C16H17ClN6S/c1-22-15(14(17)8-19-22)9-18-16(24)21-13-7-20-23(11-13)10-12-5-3-2-4-6-12/h2-8,11H,9-10H2,1H3,(H2,18,21,24). The van der Waals surface area contributed by atoms with Gasteiger partial charge in [-0.3, -0.25) is 9.36 Å². The molecular weight excluding hydrogens is 344 g/mol. The summed E-state index contributed by atoms with van der Waals surface area (Å²) in [6.07, 6.45) is 5.27. The highest BCUT2D eigenvalue weighted by atomic mass is 35.5. The van der Waals surface area contributed by atoms with Gasteiger partial charge in [0.15, 0.2) is 5.11 Å². The average Bonchev–Trinajstić information content (AvgIpc) is 3.13. The summed E-state index contributed by atoms with van der Waals surface area (Å²) in [6.45, 7) is 1.21. The smallest absolute Gasteiger partial charge is 0.171 e. The van der Waals surface area contributed by atoms with Gasteiger partial charge in [-0.15, -0.1) is 0 Å². The summed E-state index contributed by atoms with van der Waals surface area (Å²) in [5.74, 6) is 0. The Morgan fingerprint density at radius 2 is 2.00 bits per heavy atom. The van der Waals surface area contributed by atoms with Crippen LogP contribution in [0.25, 0.3) is 0 Å². The number of benzene rings is 1. The van der Waals surface area contributed by atoms with Gasteiger partial charge in [-0.2, -0.15) is 10.2 Å². The minimum atomic E-state index is 0.499. The van der Waals surface area contributed by atoms with E-state index in [0.717, 1.165) is 11.4 Å². The third kappa shape index (κ3) is 4.12. The first kappa shape index (κ1) is 16.5. The van der Waals surface area contributed by atoms with Crippen molar-refractivity contribution in [1.29, 1.82) is 0 Å². The molecule has 0 aliphatic heterocycles. The molecule has 0 spiro atoms. The van der Waals surface area contributed by atoms with E-state index in [1.807, 2.05) is 36.1 Å². The van der Waals surface area contributed by atoms with Crippen LogP contribution >= 0.6 is 23.8 Å². The number of nitrogens with zero attached hydrogens (tertiary/aromatic N) is 4. The van der Waals surface area contributed by atoms with Crippen molar-refractivity contribution in [2.24, 2.45) is 7.05 Å². The highest BCUT2D eigenvalue weighted by Gasteiger charge is 2.07. The second kappa shape index (κ2) is 7.46. The number of hydrogen-bond acceptors (Lipinski definition) is 3. The van der Waals surface area contributed by atoms with Crippen molar-refractivity contribution < 1.29 is 0 Å². The van der Waals surface area contributed by atoms with Crippen molar-refractivity contribution >= 4 is 34.6 Å². The maximum absolute atomic E-state index is 6.07. The Bertz CT molecular complexity index is 807. The van der Waals surface area contributed by atoms with Crippen molar-refractivity contribution in [1.82, 2.24) is 24.9 Å². The number of aryl methyl sites for hydroxylation is 1. The van der Waals surface area contributed by atoms with Gasteiger partial charge in [0.25, 0.3) is 0 Å². The normalized spacial score (nSPS) is 10.6. The average molecular weight is 361 g/mol. The number of hydrogen-bond donors (Lipinski definition) is 2. The molecule has 3 aromatic rings. The summed E-state index contributed by atoms with van der Waals surface area (Å²) in [5.41, 5.74) is 2.90. The molecule has 0 saturated carbocycles. The molecule has 24 heavy (non-hydrogen) atoms. The zero-order chi connectivity index (χ0) is 16.9. The number of anilines is 1. The van der Waals surface area contributed by atoms with E-state index in [1.165, 1.54) is 5.56 Å². The fourth-order valence-electron chi connectivity index (χ4n) is 2.26. The lowest BCUT2D eigenvalue weighted by Crippen LogP contribution is -2.28. The second-order valence-electron chi connectivity index (χ2n) is 5.28. The number of aromatic nitrogens is 4. The van der Waals surface area contributed by atoms with Crippen LogP contribution in [0.2, 0.25) is 5.02 Å². The number of halogens is 1. The van der Waals surface area contributed by atoms with Gasteiger partial charge >= 0.3 is 0 Å². The molecule has 0 unspecified atom stereocenters. The molecule has 0 atom stereocenters. The Morgan fingerprint density at radius 1 is 1.21 bits per heavy atom. The summed E-state index contributed by atoms with van der Waals surface area (Å²) in [5, 5.41) is 15.8. The zero-order valence-electron chi connectivity index (χ0n) is 13.1. The van der Waals surface area contributed by atoms with Gasteiger partial charge < -0.3 is 10.6 Å². The monoisotopic (exact) mass is 360 g/mol. The van der Waals surface area contributed by atoms with Crippen LogP contribution in [0.15, 0.2) is 48.9 Å². The van der Waals surface area contributed by atoms with Crippen LogP contribution in [0.4, 0.5) is 5.69 Å². The maximum Gasteiger partial charge on any atom is 0.171 e. The summed E-state index contributed by atoms with van der Waals surface area (Å²) in [4.78, 5) is 0. The quantitative estimate of drug-likeness (QED) is 0.685. The summed E-state index contributed by atoms with van der Waals surface area (Å²) >= 11 is 11.4. The zero-order valence-corrected chi connectivity index (χ0v) is 14.7. The van der Waals surface area contributed by atoms with E-state index in [4.69, 9.17) is 23.8 Å². The molecule has 0 saturated heterocycles. The van der Waals surface area contributed by atoms with Crippen molar-refractivity contribution in [3.05, 3.63) is 65.2 Å². The van der Waals surface area contributed by atoms with Gasteiger partial charge in [0, 0.05) is 13.2 Å². The SMILES string of the molecule is Cn1ncc(Cl)c1CNC(=S)Nc1cnn(Cc2ccccc2)c1. The van der Waals surface area contributed by atoms with Crippen LogP contribution in [0.5, 0.6) is 0 Å². The largest absolute Gasteiger partial charge is 0.357 e. The van der Waals surface area contributed by atoms with Crippen molar-refractivity contribution in [2.45, 2.75) is 13.1 Å². The van der Waals surface area contributed by atoms with Crippen molar-refractivity contribution in [3.63, 3.8) is 0 Å². The van der Waals surface area contributed by atoms with Gasteiger partial charge in [-0.25, -0.2) is 0 Å². The van der Waals surface area contributed by atoms with Crippen LogP contribution in [0, 0.1) is 0 Å². The fraction of sp³-hybridized carbons (Fsp3) is 0.188. The third-order valence-corrected chi connectivity index (χ3v) is 4.07. The van der Waals surface area contributed by atoms with Crippen molar-refractivity contribution in [3.8, 4) is 0 Å². The molecule has 0 aliphatic rings. The predicted octanol–water partition coefficient (Wildman–Crippen LogP) is 2.80. The van der Waals surface area contributed by atoms with E-state index < -0.39 is 0 Å². The van der Waals surface area contributed by atoms with E-state index in [0.29, 0.717) is 23.2 Å². The van der Waals surface area contributed by atoms with Gasteiger partial charge in [-0.1, -0.05) is 41.9 Å². The van der Waals surface area contributed by atoms with Crippen LogP contribution in [0.1, 0.15) is 11.3 Å². The molecule has 2 aromatic heterocycles. The highest BCUT2D eigenvalue weighted by Crippen LogP contribution is 2.13. The van der Waals surface area contributed by atoms with Gasteiger partial charge in [-0.05, 0) is 17.8 Å². The Labute approximate surface area is 150 Å². The molecule has 1 aromatic carbocycles. The maximum atomic E-state index is 6.07. The molecule has 0 aliphatic carbocycles. The molecule has 3 rings (SSSR count). The highest BCUT2D eigenvalue weighted by molar-refractivity contribution is 7.80. The number of thiocarbonyl (C=S) groups is 1. The van der Waals surface area contributed by atoms with Gasteiger partial charge in [0.05, 0.1) is 41.9 Å². The second-order valence-corrected chi connectivity index (χ2v) is 6.10. The van der Waals surface area contributed by atoms with Gasteiger partial charge in [0.2, 0.25) is 0 Å². The molecule has 2 heterocycles. The molecule has 2 N–H and O–H groups in total. The Hall–Kier alpha value is -2.38. The minimum absolute atomic E-state index is 0.499. The Morgan fingerprint density at radius 3 is 2.71 bits per heavy atom. The lowest BCUT2D eigenvalue weighted by molar-refractivity contribution is 0.687. The van der Waals surface area contributed by atoms with E-state index in [2.05, 4.69) is 33.0 Å². The van der Waals surface area contributed by atoms with Crippen LogP contribution in [0.3, 0.4) is 0 Å². The molecule has 0 bridgehead atoms. The van der Waals surface area contributed by atoms with Crippen molar-refractivity contribution in [2.75, 3.05) is 5.32 Å². The van der Waals surface area contributed by atoms with Crippen LogP contribution in [-0.4, -0.2) is 24.7 Å². The summed E-state index contributed by atoms with van der Waals surface area (Å²) in [7, 11) is 1.84. The Balaban J connectivity index is 1.53. The predicted molar refractivity (Wildman–Crippen MR) is 99.0 cm³/mol. The number of nitrogens with one attached hydrogen (secondary N) is 2. The molecule has 0 amide bonds. The van der Waals surface area contributed by atoms with E-state index >= 15 is 0 Å². The van der Waals surface area contributed by atoms with E-state index in [9.17, 15) is 0 Å². The minimum Gasteiger partial charge on any atom is -0.357 e. The summed E-state index contributed by atoms with van der Waals surface area (Å²) in [6, 6.07) is 10.2. The summed E-state index contributed by atoms with van der Waals surface area (Å²) < 4.78 is 3.58. The molecule has 8 heteroatoms. The van der Waals surface area contributed by atoms with Crippen LogP contribution in [-0.2, 0) is 20.1 Å².